The number of hydrogen-bond donors (Lipinski definition) is 2. The lowest BCUT2D eigenvalue weighted by atomic mass is 10.0. The van der Waals surface area contributed by atoms with Crippen molar-refractivity contribution in [1.82, 2.24) is 0 Å². The van der Waals surface area contributed by atoms with Gasteiger partial charge in [0.1, 0.15) is 6.10 Å². The molecular formula is C29H60NO7P. The Labute approximate surface area is 233 Å². The first kappa shape index (κ1) is 37.5. The average Bonchev–Trinajstić information content (AvgIpc) is 2.90. The van der Waals surface area contributed by atoms with Crippen LogP contribution in [0.1, 0.15) is 142 Å². The molecule has 228 valence electrons. The molecule has 0 aliphatic rings. The third-order valence-electron chi connectivity index (χ3n) is 6.52. The molecule has 38 heavy (non-hydrogen) atoms. The van der Waals surface area contributed by atoms with Crippen molar-refractivity contribution in [3.63, 3.8) is 0 Å². The van der Waals surface area contributed by atoms with E-state index in [0.29, 0.717) is 13.0 Å². The Morgan fingerprint density at radius 1 is 0.684 bits per heavy atom. The zero-order valence-corrected chi connectivity index (χ0v) is 25.6. The third kappa shape index (κ3) is 27.1. The molecule has 2 unspecified atom stereocenters. The minimum Gasteiger partial charge on any atom is -0.457 e. The van der Waals surface area contributed by atoms with Gasteiger partial charge in [-0.25, -0.2) is 4.57 Å². The normalized spacial score (nSPS) is 13.9. The quantitative estimate of drug-likeness (QED) is 0.0514. The predicted octanol–water partition coefficient (Wildman–Crippen LogP) is 7.85. The number of phosphoric ester groups is 1. The van der Waals surface area contributed by atoms with E-state index in [1.807, 2.05) is 0 Å². The molecule has 0 aromatic carbocycles. The fourth-order valence-corrected chi connectivity index (χ4v) is 5.00. The maximum atomic E-state index is 12.3. The van der Waals surface area contributed by atoms with Gasteiger partial charge in [-0.2, -0.15) is 0 Å². The summed E-state index contributed by atoms with van der Waals surface area (Å²) < 4.78 is 32.9. The standard InChI is InChI=1S/C29H60NO7P/c1-3-5-7-9-11-12-13-14-15-16-17-19-21-24-34-26-28(27-36-38(32,33)35-25-23-30)37-29(31)22-20-18-10-8-6-4-2/h28H,3-27,30H2,1-2H3,(H,32,33). The maximum Gasteiger partial charge on any atom is 0.472 e. The lowest BCUT2D eigenvalue weighted by molar-refractivity contribution is -0.154. The Morgan fingerprint density at radius 3 is 1.66 bits per heavy atom. The van der Waals surface area contributed by atoms with E-state index in [-0.39, 0.29) is 32.3 Å². The highest BCUT2D eigenvalue weighted by molar-refractivity contribution is 7.47. The van der Waals surface area contributed by atoms with Gasteiger partial charge in [-0.05, 0) is 12.8 Å². The van der Waals surface area contributed by atoms with Gasteiger partial charge >= 0.3 is 13.8 Å². The summed E-state index contributed by atoms with van der Waals surface area (Å²) in [4.78, 5) is 22.0. The molecule has 0 spiro atoms. The monoisotopic (exact) mass is 565 g/mol. The largest absolute Gasteiger partial charge is 0.472 e. The summed E-state index contributed by atoms with van der Waals surface area (Å²) in [6, 6.07) is 0. The second kappa shape index (κ2) is 28.0. The fraction of sp³-hybridized carbons (Fsp3) is 0.966. The lowest BCUT2D eigenvalue weighted by Gasteiger charge is -2.20. The molecular weight excluding hydrogens is 505 g/mol. The van der Waals surface area contributed by atoms with Crippen LogP contribution in [0, 0.1) is 0 Å². The number of ether oxygens (including phenoxy) is 2. The van der Waals surface area contributed by atoms with Gasteiger partial charge in [-0.1, -0.05) is 123 Å². The number of phosphoric acid groups is 1. The van der Waals surface area contributed by atoms with Crippen molar-refractivity contribution in [2.75, 3.05) is 33.0 Å². The number of nitrogens with two attached hydrogens (primary N) is 1. The topological polar surface area (TPSA) is 117 Å². The molecule has 9 heteroatoms. The number of carbonyl (C=O) groups excluding carboxylic acids is 1. The summed E-state index contributed by atoms with van der Waals surface area (Å²) in [5.41, 5.74) is 5.31. The Hall–Kier alpha value is -0.500. The van der Waals surface area contributed by atoms with Crippen LogP contribution in [0.4, 0.5) is 0 Å². The molecule has 0 heterocycles. The van der Waals surface area contributed by atoms with Crippen molar-refractivity contribution in [3.8, 4) is 0 Å². The Morgan fingerprint density at radius 2 is 1.16 bits per heavy atom. The van der Waals surface area contributed by atoms with Crippen LogP contribution in [0.15, 0.2) is 0 Å². The summed E-state index contributed by atoms with van der Waals surface area (Å²) in [5.74, 6) is -0.339. The Bertz CT molecular complexity index is 565. The number of rotatable bonds is 30. The number of unbranched alkanes of at least 4 members (excludes halogenated alkanes) is 17. The van der Waals surface area contributed by atoms with Crippen LogP contribution < -0.4 is 5.73 Å². The minimum absolute atomic E-state index is 0.0915. The number of hydrogen-bond acceptors (Lipinski definition) is 7. The Kier molecular flexibility index (Phi) is 27.7. The molecule has 8 nitrogen and oxygen atoms in total. The van der Waals surface area contributed by atoms with Crippen LogP contribution in [0.25, 0.3) is 0 Å². The van der Waals surface area contributed by atoms with Gasteiger partial charge in [0.15, 0.2) is 0 Å². The summed E-state index contributed by atoms with van der Waals surface area (Å²) in [7, 11) is -4.24. The van der Waals surface area contributed by atoms with E-state index in [1.165, 1.54) is 89.9 Å². The van der Waals surface area contributed by atoms with E-state index < -0.39 is 13.9 Å². The van der Waals surface area contributed by atoms with Gasteiger partial charge < -0.3 is 20.1 Å². The fourth-order valence-electron chi connectivity index (χ4n) is 4.23. The van der Waals surface area contributed by atoms with E-state index >= 15 is 0 Å². The van der Waals surface area contributed by atoms with Gasteiger partial charge in [0.05, 0.1) is 19.8 Å². The average molecular weight is 566 g/mol. The SMILES string of the molecule is CCCCCCCCCCCCCCCOCC(COP(=O)(O)OCCN)OC(=O)CCCCCCCC. The van der Waals surface area contributed by atoms with Crippen LogP contribution >= 0.6 is 7.82 Å². The van der Waals surface area contributed by atoms with Crippen LogP contribution in [-0.4, -0.2) is 49.9 Å². The summed E-state index contributed by atoms with van der Waals surface area (Å²) in [5, 5.41) is 0. The summed E-state index contributed by atoms with van der Waals surface area (Å²) in [6.45, 7) is 4.86. The van der Waals surface area contributed by atoms with E-state index in [4.69, 9.17) is 24.3 Å². The van der Waals surface area contributed by atoms with Gasteiger partial charge in [-0.15, -0.1) is 0 Å². The highest BCUT2D eigenvalue weighted by Gasteiger charge is 2.25. The summed E-state index contributed by atoms with van der Waals surface area (Å²) >= 11 is 0. The van der Waals surface area contributed by atoms with Gasteiger partial charge in [-0.3, -0.25) is 13.8 Å². The molecule has 0 aliphatic carbocycles. The molecule has 0 aromatic heterocycles. The molecule has 0 radical (unpaired) electrons. The first-order valence-corrected chi connectivity index (χ1v) is 17.0. The number of carbonyl (C=O) groups is 1. The van der Waals surface area contributed by atoms with Gasteiger partial charge in [0, 0.05) is 19.6 Å². The smallest absolute Gasteiger partial charge is 0.457 e. The zero-order chi connectivity index (χ0) is 28.2. The molecule has 0 saturated heterocycles. The van der Waals surface area contributed by atoms with E-state index in [1.54, 1.807) is 0 Å². The second-order valence-electron chi connectivity index (χ2n) is 10.3. The van der Waals surface area contributed by atoms with Gasteiger partial charge in [0.2, 0.25) is 0 Å². The number of esters is 1. The molecule has 0 fully saturated rings. The van der Waals surface area contributed by atoms with Gasteiger partial charge in [0.25, 0.3) is 0 Å². The van der Waals surface area contributed by atoms with Crippen molar-refractivity contribution in [3.05, 3.63) is 0 Å². The second-order valence-corrected chi connectivity index (χ2v) is 11.8. The zero-order valence-electron chi connectivity index (χ0n) is 24.7. The molecule has 0 aliphatic heterocycles. The minimum atomic E-state index is -4.24. The molecule has 0 bridgehead atoms. The molecule has 0 amide bonds. The molecule has 0 saturated carbocycles. The van der Waals surface area contributed by atoms with Crippen LogP contribution in [0.5, 0.6) is 0 Å². The van der Waals surface area contributed by atoms with E-state index in [0.717, 1.165) is 32.1 Å². The highest BCUT2D eigenvalue weighted by Crippen LogP contribution is 2.43. The lowest BCUT2D eigenvalue weighted by Crippen LogP contribution is -2.28. The predicted molar refractivity (Wildman–Crippen MR) is 155 cm³/mol. The van der Waals surface area contributed by atoms with Crippen molar-refractivity contribution in [1.29, 1.82) is 0 Å². The third-order valence-corrected chi connectivity index (χ3v) is 7.51. The van der Waals surface area contributed by atoms with Crippen molar-refractivity contribution in [2.45, 2.75) is 148 Å². The highest BCUT2D eigenvalue weighted by atomic mass is 31.2. The first-order chi connectivity index (χ1) is 18.4. The summed E-state index contributed by atoms with van der Waals surface area (Å²) in [6.07, 6.45) is 22.7. The Balaban J connectivity index is 4.06. The van der Waals surface area contributed by atoms with Crippen molar-refractivity contribution >= 4 is 13.8 Å². The molecule has 0 aromatic rings. The maximum absolute atomic E-state index is 12.3. The molecule has 0 rings (SSSR count). The van der Waals surface area contributed by atoms with Crippen molar-refractivity contribution < 1.29 is 32.8 Å². The van der Waals surface area contributed by atoms with Crippen LogP contribution in [0.2, 0.25) is 0 Å². The van der Waals surface area contributed by atoms with E-state index in [9.17, 15) is 14.3 Å². The molecule has 3 N–H and O–H groups in total. The first-order valence-electron chi connectivity index (χ1n) is 15.5. The molecule has 2 atom stereocenters. The van der Waals surface area contributed by atoms with Crippen LogP contribution in [0.3, 0.4) is 0 Å². The van der Waals surface area contributed by atoms with Crippen molar-refractivity contribution in [2.24, 2.45) is 5.73 Å². The van der Waals surface area contributed by atoms with E-state index in [2.05, 4.69) is 13.8 Å². The van der Waals surface area contributed by atoms with Crippen LogP contribution in [-0.2, 0) is 27.9 Å².